The SMILES string of the molecule is C.[BH4-].[NH3+]CC(=O)CCC(=O)O. The summed E-state index contributed by atoms with van der Waals surface area (Å²) in [5, 5.41) is 8.09. The van der Waals surface area contributed by atoms with Gasteiger partial charge in [-0.05, 0) is 0 Å². The molecule has 0 bridgehead atoms. The normalized spacial score (nSPS) is 7.36. The molecule has 68 valence electrons. The van der Waals surface area contributed by atoms with Crippen LogP contribution in [0.3, 0.4) is 0 Å². The first-order valence-corrected chi connectivity index (χ1v) is 2.69. The fourth-order valence-electron chi connectivity index (χ4n) is 0.371. The highest BCUT2D eigenvalue weighted by Crippen LogP contribution is 1.87. The number of hydrogen-bond acceptors (Lipinski definition) is 2. The molecule has 0 heterocycles. The van der Waals surface area contributed by atoms with E-state index in [0.717, 1.165) is 0 Å². The maximum Gasteiger partial charge on any atom is 0.303 e. The monoisotopic (exact) mass is 163 g/mol. The summed E-state index contributed by atoms with van der Waals surface area (Å²) in [6.07, 6.45) is 0.0349. The Labute approximate surface area is 68.3 Å². The fourth-order valence-corrected chi connectivity index (χ4v) is 0.371. The second-order valence-corrected chi connectivity index (χ2v) is 1.68. The lowest BCUT2D eigenvalue weighted by molar-refractivity contribution is -0.354. The van der Waals surface area contributed by atoms with Crippen LogP contribution in [-0.2, 0) is 9.59 Å². The Morgan fingerprint density at radius 2 is 1.73 bits per heavy atom. The summed E-state index contributed by atoms with van der Waals surface area (Å²) in [4.78, 5) is 20.2. The van der Waals surface area contributed by atoms with Gasteiger partial charge < -0.3 is 10.8 Å². The predicted molar refractivity (Wildman–Crippen MR) is 47.7 cm³/mol. The smallest absolute Gasteiger partial charge is 0.303 e. The molecule has 0 amide bonds. The number of hydrogen-bond donors (Lipinski definition) is 2. The minimum absolute atomic E-state index is 0. The molecule has 0 rings (SSSR count). The van der Waals surface area contributed by atoms with Crippen molar-refractivity contribution in [2.24, 2.45) is 0 Å². The van der Waals surface area contributed by atoms with Gasteiger partial charge in [0.25, 0.3) is 0 Å². The Morgan fingerprint density at radius 3 is 2.00 bits per heavy atom. The summed E-state index contributed by atoms with van der Waals surface area (Å²) in [5.41, 5.74) is 3.32. The standard InChI is InChI=1S/C5H9NO3.CH4.BH4/c6-3-4(7)1-2-5(8)9;;/h1-3,6H2,(H,8,9);2*1H4/q;;-1/p+1. The summed E-state index contributed by atoms with van der Waals surface area (Å²) in [6, 6.07) is 0. The van der Waals surface area contributed by atoms with Crippen LogP contribution in [0, 0.1) is 0 Å². The molecule has 0 aliphatic rings. The summed E-state index contributed by atoms with van der Waals surface area (Å²) in [5.74, 6) is -1.03. The van der Waals surface area contributed by atoms with E-state index < -0.39 is 5.97 Å². The maximum atomic E-state index is 10.4. The molecule has 0 radical (unpaired) electrons. The minimum atomic E-state index is -0.934. The van der Waals surface area contributed by atoms with Crippen LogP contribution in [0.25, 0.3) is 0 Å². The lowest BCUT2D eigenvalue weighted by Gasteiger charge is -1.88. The number of carbonyl (C=O) groups is 2. The summed E-state index contributed by atoms with van der Waals surface area (Å²) < 4.78 is 0. The summed E-state index contributed by atoms with van der Waals surface area (Å²) >= 11 is 0. The van der Waals surface area contributed by atoms with Crippen LogP contribution in [0.1, 0.15) is 20.3 Å². The number of carboxylic acid groups (broad SMARTS) is 1. The molecule has 0 atom stereocenters. The molecule has 5 heteroatoms. The fraction of sp³-hybridized carbons (Fsp3) is 0.667. The van der Waals surface area contributed by atoms with Gasteiger partial charge in [0.05, 0.1) is 6.42 Å². The average Bonchev–Trinajstić information content (AvgIpc) is 1.83. The zero-order chi connectivity index (χ0) is 7.28. The first kappa shape index (κ1) is 16.6. The van der Waals surface area contributed by atoms with Crippen molar-refractivity contribution in [2.45, 2.75) is 20.3 Å². The number of Topliss-reactive ketones (excluding diaryl/α,β-unsaturated/α-hetero) is 1. The quantitative estimate of drug-likeness (QED) is 0.463. The van der Waals surface area contributed by atoms with Crippen molar-refractivity contribution in [3.05, 3.63) is 0 Å². The average molecular weight is 163 g/mol. The van der Waals surface area contributed by atoms with Gasteiger partial charge in [0, 0.05) is 6.42 Å². The number of carboxylic acids is 1. The molecule has 0 aromatic rings. The molecular weight excluding hydrogens is 145 g/mol. The maximum absolute atomic E-state index is 10.4. The van der Waals surface area contributed by atoms with Crippen molar-refractivity contribution in [3.63, 3.8) is 0 Å². The van der Waals surface area contributed by atoms with E-state index in [9.17, 15) is 9.59 Å². The molecule has 0 aliphatic carbocycles. The van der Waals surface area contributed by atoms with E-state index >= 15 is 0 Å². The van der Waals surface area contributed by atoms with Gasteiger partial charge in [-0.1, -0.05) is 15.8 Å². The Morgan fingerprint density at radius 1 is 1.27 bits per heavy atom. The van der Waals surface area contributed by atoms with E-state index in [2.05, 4.69) is 5.73 Å². The Balaban J connectivity index is -0.000000320. The number of ketones is 1. The molecule has 0 aromatic heterocycles. The number of carbonyl (C=O) groups excluding carboxylic acids is 1. The molecule has 4 nitrogen and oxygen atoms in total. The van der Waals surface area contributed by atoms with Gasteiger partial charge in [0.15, 0.2) is 5.78 Å². The Hall–Kier alpha value is -0.835. The Bertz CT molecular complexity index is 127. The van der Waals surface area contributed by atoms with Gasteiger partial charge >= 0.3 is 5.97 Å². The largest absolute Gasteiger partial charge is 0.481 e. The molecule has 0 saturated heterocycles. The van der Waals surface area contributed by atoms with Crippen molar-refractivity contribution in [1.82, 2.24) is 0 Å². The van der Waals surface area contributed by atoms with Crippen molar-refractivity contribution < 1.29 is 20.4 Å². The van der Waals surface area contributed by atoms with Crippen LogP contribution >= 0.6 is 0 Å². The highest BCUT2D eigenvalue weighted by molar-refractivity contribution is 5.82. The van der Waals surface area contributed by atoms with E-state index in [0.29, 0.717) is 0 Å². The molecule has 0 aromatic carbocycles. The van der Waals surface area contributed by atoms with E-state index in [-0.39, 0.29) is 41.0 Å². The van der Waals surface area contributed by atoms with Crippen molar-refractivity contribution in [3.8, 4) is 0 Å². The molecule has 4 N–H and O–H groups in total. The van der Waals surface area contributed by atoms with E-state index in [1.165, 1.54) is 0 Å². The predicted octanol–water partition coefficient (Wildman–Crippen LogP) is -2.15. The molecule has 0 saturated carbocycles. The topological polar surface area (TPSA) is 82.0 Å². The molecule has 0 unspecified atom stereocenters. The van der Waals surface area contributed by atoms with Gasteiger partial charge in [-0.25, -0.2) is 0 Å². The molecule has 11 heavy (non-hydrogen) atoms. The van der Waals surface area contributed by atoms with Crippen LogP contribution < -0.4 is 5.73 Å². The van der Waals surface area contributed by atoms with Gasteiger partial charge in [-0.15, -0.1) is 0 Å². The third kappa shape index (κ3) is 12.4. The first-order chi connectivity index (χ1) is 4.16. The third-order valence-electron chi connectivity index (χ3n) is 0.897. The number of rotatable bonds is 4. The summed E-state index contributed by atoms with van der Waals surface area (Å²) in [7, 11) is 0. The lowest BCUT2D eigenvalue weighted by Crippen LogP contribution is -2.54. The summed E-state index contributed by atoms with van der Waals surface area (Å²) in [6.45, 7) is 0.188. The van der Waals surface area contributed by atoms with Gasteiger partial charge in [-0.3, -0.25) is 9.59 Å². The van der Waals surface area contributed by atoms with Crippen LogP contribution in [0.2, 0.25) is 0 Å². The van der Waals surface area contributed by atoms with Crippen molar-refractivity contribution >= 4 is 20.2 Å². The zero-order valence-electron chi connectivity index (χ0n) is 5.09. The second kappa shape index (κ2) is 9.16. The Kier molecular flexibility index (Phi) is 13.9. The molecule has 0 aliphatic heterocycles. The van der Waals surface area contributed by atoms with Crippen molar-refractivity contribution in [1.29, 1.82) is 0 Å². The lowest BCUT2D eigenvalue weighted by atomic mass is 10.2. The highest BCUT2D eigenvalue weighted by Gasteiger charge is 2.03. The van der Waals surface area contributed by atoms with Gasteiger partial charge in [-0.2, -0.15) is 0 Å². The van der Waals surface area contributed by atoms with Crippen LogP contribution in [-0.4, -0.2) is 31.8 Å². The third-order valence-corrected chi connectivity index (χ3v) is 0.897. The first-order valence-electron chi connectivity index (χ1n) is 2.69. The van der Waals surface area contributed by atoms with Crippen LogP contribution in [0.15, 0.2) is 0 Å². The van der Waals surface area contributed by atoms with E-state index in [4.69, 9.17) is 5.11 Å². The number of quaternary nitrogens is 1. The molecule has 0 fully saturated rings. The highest BCUT2D eigenvalue weighted by atomic mass is 16.4. The minimum Gasteiger partial charge on any atom is -0.481 e. The number of aliphatic carboxylic acids is 1. The van der Waals surface area contributed by atoms with Crippen molar-refractivity contribution in [2.75, 3.05) is 6.54 Å². The van der Waals surface area contributed by atoms with Gasteiger partial charge in [0.2, 0.25) is 0 Å². The van der Waals surface area contributed by atoms with Crippen LogP contribution in [0.4, 0.5) is 0 Å². The second-order valence-electron chi connectivity index (χ2n) is 1.68. The molecule has 0 spiro atoms. The van der Waals surface area contributed by atoms with E-state index in [1.807, 2.05) is 0 Å². The van der Waals surface area contributed by atoms with Crippen LogP contribution in [0.5, 0.6) is 0 Å². The van der Waals surface area contributed by atoms with E-state index in [1.54, 1.807) is 0 Å². The molecular formula is C6H18BNO3. The van der Waals surface area contributed by atoms with Gasteiger partial charge in [0.1, 0.15) is 6.54 Å². The zero-order valence-corrected chi connectivity index (χ0v) is 5.09.